The molecule has 4 aliphatic rings. The lowest BCUT2D eigenvalue weighted by Crippen LogP contribution is -2.52. The smallest absolute Gasteiger partial charge is 0.255 e. The first kappa shape index (κ1) is 34.5. The molecule has 0 bridgehead atoms. The van der Waals surface area contributed by atoms with Crippen LogP contribution in [0.3, 0.4) is 0 Å². The van der Waals surface area contributed by atoms with Gasteiger partial charge in [0.05, 0.1) is 0 Å². The standard InChI is InChI=1S/C16H17N3O4.C13H13N3O3.C4H8O/c1-2-13(20)17-11-5-3-4-9-10(11)8-19(16(9)23)12-6-7-14(21)18-15(12)22;14-9-3-1-2-7-8(9)6-16(13(7)19)10-4-5-11(17)15-12(10)18;1-3-4(2)5/h3-5,12H,2,6-8H2,1H3,(H,17,20)(H,18,21,22);1-3,10H,4-6,14H2,(H,15,17,18);3H2,1-2H3. The fourth-order valence-corrected chi connectivity index (χ4v) is 5.55. The number of anilines is 2. The molecule has 2 atom stereocenters. The van der Waals surface area contributed by atoms with Crippen LogP contribution in [0.1, 0.15) is 91.1 Å². The van der Waals surface area contributed by atoms with Gasteiger partial charge < -0.3 is 25.6 Å². The van der Waals surface area contributed by atoms with Gasteiger partial charge >= 0.3 is 0 Å². The van der Waals surface area contributed by atoms with Gasteiger partial charge in [-0.05, 0) is 44.0 Å². The van der Waals surface area contributed by atoms with E-state index in [9.17, 15) is 38.4 Å². The number of hydrogen-bond acceptors (Lipinski definition) is 9. The Balaban J connectivity index is 0.000000189. The van der Waals surface area contributed by atoms with Gasteiger partial charge in [-0.15, -0.1) is 0 Å². The van der Waals surface area contributed by atoms with Crippen LogP contribution in [0, 0.1) is 0 Å². The van der Waals surface area contributed by atoms with E-state index >= 15 is 0 Å². The van der Waals surface area contributed by atoms with Gasteiger partial charge in [-0.2, -0.15) is 0 Å². The number of benzene rings is 2. The molecule has 2 unspecified atom stereocenters. The largest absolute Gasteiger partial charge is 0.398 e. The fourth-order valence-electron chi connectivity index (χ4n) is 5.55. The van der Waals surface area contributed by atoms with E-state index in [1.54, 1.807) is 50.2 Å². The predicted molar refractivity (Wildman–Crippen MR) is 169 cm³/mol. The molecule has 0 aromatic heterocycles. The van der Waals surface area contributed by atoms with E-state index in [-0.39, 0.29) is 54.7 Å². The minimum absolute atomic E-state index is 0.134. The number of carbonyl (C=O) groups excluding carboxylic acids is 8. The lowest BCUT2D eigenvalue weighted by Gasteiger charge is -2.29. The Hall–Kier alpha value is -5.40. The van der Waals surface area contributed by atoms with Crippen molar-refractivity contribution in [1.82, 2.24) is 20.4 Å². The summed E-state index contributed by atoms with van der Waals surface area (Å²) >= 11 is 0. The van der Waals surface area contributed by atoms with Gasteiger partial charge in [-0.25, -0.2) is 0 Å². The number of amides is 7. The van der Waals surface area contributed by atoms with Crippen molar-refractivity contribution in [2.45, 2.75) is 84.5 Å². The van der Waals surface area contributed by atoms with E-state index in [1.165, 1.54) is 9.80 Å². The summed E-state index contributed by atoms with van der Waals surface area (Å²) in [5, 5.41) is 7.31. The van der Waals surface area contributed by atoms with Crippen molar-refractivity contribution in [1.29, 1.82) is 0 Å². The maximum absolute atomic E-state index is 12.6. The summed E-state index contributed by atoms with van der Waals surface area (Å²) in [5.41, 5.74) is 9.51. The van der Waals surface area contributed by atoms with Crippen molar-refractivity contribution < 1.29 is 38.4 Å². The quantitative estimate of drug-likeness (QED) is 0.276. The molecule has 2 saturated heterocycles. The topological polar surface area (TPSA) is 205 Å². The van der Waals surface area contributed by atoms with Gasteiger partial charge in [-0.3, -0.25) is 44.2 Å². The van der Waals surface area contributed by atoms with Crippen molar-refractivity contribution in [2.75, 3.05) is 11.1 Å². The molecule has 248 valence electrons. The minimum Gasteiger partial charge on any atom is -0.398 e. The molecule has 0 aliphatic carbocycles. The maximum Gasteiger partial charge on any atom is 0.255 e. The number of nitrogens with two attached hydrogens (primary N) is 1. The summed E-state index contributed by atoms with van der Waals surface area (Å²) in [6, 6.07) is 9.06. The van der Waals surface area contributed by atoms with E-state index in [1.807, 2.05) is 6.92 Å². The lowest BCUT2D eigenvalue weighted by molar-refractivity contribution is -0.138. The fraction of sp³-hybridized carbons (Fsp3) is 0.394. The number of nitrogens with zero attached hydrogens (tertiary/aromatic N) is 2. The Bertz CT molecular complexity index is 1650. The first-order valence-electron chi connectivity index (χ1n) is 15.4. The number of nitrogens with one attached hydrogen (secondary N) is 3. The van der Waals surface area contributed by atoms with Crippen LogP contribution in [0.25, 0.3) is 0 Å². The Morgan fingerprint density at radius 3 is 1.68 bits per heavy atom. The lowest BCUT2D eigenvalue weighted by atomic mass is 10.0. The Labute approximate surface area is 271 Å². The first-order valence-corrected chi connectivity index (χ1v) is 15.4. The zero-order chi connectivity index (χ0) is 34.4. The van der Waals surface area contributed by atoms with Gasteiger partial charge in [0, 0.05) is 72.4 Å². The summed E-state index contributed by atoms with van der Waals surface area (Å²) in [5.74, 6) is -1.78. The van der Waals surface area contributed by atoms with E-state index in [4.69, 9.17) is 5.73 Å². The average Bonchev–Trinajstić information content (AvgIpc) is 3.55. The van der Waals surface area contributed by atoms with Gasteiger partial charge in [0.2, 0.25) is 29.5 Å². The maximum atomic E-state index is 12.6. The molecule has 7 amide bonds. The molecular weight excluding hydrogens is 608 g/mol. The molecule has 47 heavy (non-hydrogen) atoms. The van der Waals surface area contributed by atoms with E-state index in [2.05, 4.69) is 16.0 Å². The van der Waals surface area contributed by atoms with Crippen molar-refractivity contribution in [3.05, 3.63) is 58.7 Å². The highest BCUT2D eigenvalue weighted by molar-refractivity contribution is 6.07. The molecule has 5 N–H and O–H groups in total. The molecule has 2 fully saturated rings. The van der Waals surface area contributed by atoms with Crippen LogP contribution >= 0.6 is 0 Å². The summed E-state index contributed by atoms with van der Waals surface area (Å²) < 4.78 is 0. The number of ketones is 1. The summed E-state index contributed by atoms with van der Waals surface area (Å²) in [6.07, 6.45) is 2.17. The van der Waals surface area contributed by atoms with Crippen molar-refractivity contribution in [2.24, 2.45) is 0 Å². The van der Waals surface area contributed by atoms with Gasteiger partial charge in [0.15, 0.2) is 0 Å². The number of fused-ring (bicyclic) bond motifs is 2. The van der Waals surface area contributed by atoms with Gasteiger partial charge in [0.25, 0.3) is 11.8 Å². The summed E-state index contributed by atoms with van der Waals surface area (Å²) in [6.45, 7) is 5.76. The zero-order valence-corrected chi connectivity index (χ0v) is 26.5. The Morgan fingerprint density at radius 1 is 0.766 bits per heavy atom. The van der Waals surface area contributed by atoms with Crippen LogP contribution < -0.4 is 21.7 Å². The van der Waals surface area contributed by atoms with E-state index in [0.717, 1.165) is 5.56 Å². The van der Waals surface area contributed by atoms with Crippen molar-refractivity contribution in [3.63, 3.8) is 0 Å². The Morgan fingerprint density at radius 2 is 1.23 bits per heavy atom. The minimum atomic E-state index is -0.651. The highest BCUT2D eigenvalue weighted by Crippen LogP contribution is 2.33. The second-order valence-electron chi connectivity index (χ2n) is 11.5. The van der Waals surface area contributed by atoms with E-state index < -0.39 is 23.9 Å². The molecule has 2 aromatic rings. The molecule has 4 aliphatic heterocycles. The summed E-state index contributed by atoms with van der Waals surface area (Å²) in [4.78, 5) is 95.5. The van der Waals surface area contributed by atoms with Crippen LogP contribution in [-0.2, 0) is 41.9 Å². The van der Waals surface area contributed by atoms with Crippen LogP contribution in [0.2, 0.25) is 0 Å². The number of carbonyl (C=O) groups is 8. The third-order valence-corrected chi connectivity index (χ3v) is 8.29. The SMILES string of the molecule is CCC(=O)Nc1cccc2c1CN(C1CCC(=O)NC1=O)C2=O.CCC(C)=O.Nc1cccc2c1CN(C1CCC(=O)NC1=O)C2=O. The second-order valence-corrected chi connectivity index (χ2v) is 11.5. The zero-order valence-electron chi connectivity index (χ0n) is 26.5. The molecule has 0 radical (unpaired) electrons. The molecule has 4 heterocycles. The number of Topliss-reactive ketones (excluding diaryl/α,β-unsaturated/α-hetero) is 1. The average molecular weight is 647 g/mol. The number of piperidine rings is 2. The Kier molecular flexibility index (Phi) is 10.9. The molecule has 14 nitrogen and oxygen atoms in total. The van der Waals surface area contributed by atoms with Crippen LogP contribution in [0.15, 0.2) is 36.4 Å². The van der Waals surface area contributed by atoms with Crippen molar-refractivity contribution >= 4 is 58.5 Å². The molecule has 0 saturated carbocycles. The van der Waals surface area contributed by atoms with Crippen LogP contribution in [-0.4, -0.2) is 69.0 Å². The van der Waals surface area contributed by atoms with Gasteiger partial charge in [-0.1, -0.05) is 26.0 Å². The molecule has 6 rings (SSSR count). The predicted octanol–water partition coefficient (Wildman–Crippen LogP) is 1.81. The molecule has 14 heteroatoms. The third kappa shape index (κ3) is 7.71. The number of nitrogen functional groups attached to an aromatic ring is 1. The monoisotopic (exact) mass is 646 g/mol. The normalized spacial score (nSPS) is 19.8. The molecule has 0 spiro atoms. The highest BCUT2D eigenvalue weighted by Gasteiger charge is 2.41. The van der Waals surface area contributed by atoms with E-state index in [0.29, 0.717) is 60.3 Å². The second kappa shape index (κ2) is 14.8. The van der Waals surface area contributed by atoms with Gasteiger partial charge in [0.1, 0.15) is 17.9 Å². The molecular formula is C33H38N6O8. The van der Waals surface area contributed by atoms with Crippen LogP contribution in [0.5, 0.6) is 0 Å². The number of imide groups is 2. The number of rotatable bonds is 5. The third-order valence-electron chi connectivity index (χ3n) is 8.29. The van der Waals surface area contributed by atoms with Crippen LogP contribution in [0.4, 0.5) is 11.4 Å². The molecule has 2 aromatic carbocycles. The highest BCUT2D eigenvalue weighted by atomic mass is 16.2. The number of hydrogen-bond donors (Lipinski definition) is 4. The first-order chi connectivity index (χ1) is 22.4. The summed E-state index contributed by atoms with van der Waals surface area (Å²) in [7, 11) is 0. The van der Waals surface area contributed by atoms with Crippen molar-refractivity contribution in [3.8, 4) is 0 Å².